The Hall–Kier alpha value is -5.13. The number of fused-ring (bicyclic) bond motifs is 1. The number of carbonyl (C=O) groups excluding carboxylic acids is 2. The summed E-state index contributed by atoms with van der Waals surface area (Å²) in [5, 5.41) is 20.0. The number of ketones is 1. The molecule has 12 nitrogen and oxygen atoms in total. The van der Waals surface area contributed by atoms with Crippen molar-refractivity contribution in [3.8, 4) is 5.75 Å². The molecule has 4 aromatic rings. The maximum Gasteiger partial charge on any atom is 0.411 e. The second-order valence-corrected chi connectivity index (χ2v) is 8.57. The monoisotopic (exact) mass is 531 g/mol. The fraction of sp³-hybridized carbons (Fsp3) is 0.222. The number of benzene rings is 2. The molecular weight excluding hydrogens is 506 g/mol. The van der Waals surface area contributed by atoms with E-state index in [9.17, 15) is 24.3 Å². The van der Waals surface area contributed by atoms with Gasteiger partial charge in [-0.3, -0.25) is 19.7 Å². The first-order valence-corrected chi connectivity index (χ1v) is 12.0. The van der Waals surface area contributed by atoms with Crippen LogP contribution in [0.5, 0.6) is 5.75 Å². The number of carboxylic acids is 1. The van der Waals surface area contributed by atoms with Gasteiger partial charge in [0.2, 0.25) is 0 Å². The zero-order valence-corrected chi connectivity index (χ0v) is 20.9. The largest absolute Gasteiger partial charge is 0.489 e. The van der Waals surface area contributed by atoms with Crippen LogP contribution in [0.25, 0.3) is 11.0 Å². The van der Waals surface area contributed by atoms with Crippen LogP contribution >= 0.6 is 0 Å². The first kappa shape index (κ1) is 26.9. The highest BCUT2D eigenvalue weighted by molar-refractivity contribution is 5.98. The first-order valence-electron chi connectivity index (χ1n) is 12.0. The molecule has 2 heterocycles. The van der Waals surface area contributed by atoms with E-state index in [1.54, 1.807) is 54.6 Å². The van der Waals surface area contributed by atoms with Gasteiger partial charge in [-0.15, -0.1) is 5.10 Å². The van der Waals surface area contributed by atoms with E-state index in [1.165, 1.54) is 13.3 Å². The van der Waals surface area contributed by atoms with Crippen molar-refractivity contribution in [2.75, 3.05) is 12.4 Å². The SMILES string of the molecule is COC(=O)Nc1cccc(COc2ccc(C(=O)CC(CCn3nnc4cccnc4c3=O)C(=O)O)cc2)c1. The lowest BCUT2D eigenvalue weighted by molar-refractivity contribution is -0.142. The average Bonchev–Trinajstić information content (AvgIpc) is 2.95. The normalized spacial score (nSPS) is 11.5. The van der Waals surface area contributed by atoms with E-state index in [2.05, 4.69) is 25.3 Å². The number of aromatic nitrogens is 4. The number of pyridine rings is 1. The number of aliphatic carboxylic acids is 1. The quantitative estimate of drug-likeness (QED) is 0.275. The van der Waals surface area contributed by atoms with Crippen molar-refractivity contribution in [1.82, 2.24) is 20.0 Å². The molecule has 0 aliphatic heterocycles. The van der Waals surface area contributed by atoms with E-state index in [4.69, 9.17) is 4.74 Å². The second-order valence-electron chi connectivity index (χ2n) is 8.57. The van der Waals surface area contributed by atoms with Crippen LogP contribution < -0.4 is 15.6 Å². The third-order valence-corrected chi connectivity index (χ3v) is 5.89. The van der Waals surface area contributed by atoms with E-state index in [0.717, 1.165) is 10.2 Å². The van der Waals surface area contributed by atoms with Gasteiger partial charge in [0.1, 0.15) is 17.9 Å². The van der Waals surface area contributed by atoms with Gasteiger partial charge in [0, 0.05) is 30.4 Å². The van der Waals surface area contributed by atoms with Crippen LogP contribution in [0.1, 0.15) is 28.8 Å². The van der Waals surface area contributed by atoms with Gasteiger partial charge in [0.25, 0.3) is 5.56 Å². The predicted molar refractivity (Wildman–Crippen MR) is 140 cm³/mol. The van der Waals surface area contributed by atoms with Gasteiger partial charge >= 0.3 is 12.1 Å². The Bertz CT molecular complexity index is 1550. The molecule has 0 aliphatic carbocycles. The van der Waals surface area contributed by atoms with Crippen LogP contribution in [0.2, 0.25) is 0 Å². The van der Waals surface area contributed by atoms with E-state index >= 15 is 0 Å². The van der Waals surface area contributed by atoms with Gasteiger partial charge < -0.3 is 14.6 Å². The van der Waals surface area contributed by atoms with Gasteiger partial charge in [-0.1, -0.05) is 17.3 Å². The van der Waals surface area contributed by atoms with Crippen LogP contribution in [0.15, 0.2) is 71.7 Å². The summed E-state index contributed by atoms with van der Waals surface area (Å²) in [5.41, 5.74) is 1.72. The van der Waals surface area contributed by atoms with E-state index in [0.29, 0.717) is 22.5 Å². The highest BCUT2D eigenvalue weighted by atomic mass is 16.5. The summed E-state index contributed by atoms with van der Waals surface area (Å²) >= 11 is 0. The summed E-state index contributed by atoms with van der Waals surface area (Å²) in [6.45, 7) is 0.198. The molecule has 1 unspecified atom stereocenters. The minimum Gasteiger partial charge on any atom is -0.489 e. The van der Waals surface area contributed by atoms with Crippen molar-refractivity contribution in [2.24, 2.45) is 5.92 Å². The third kappa shape index (κ3) is 7.01. The molecule has 1 atom stereocenters. The standard InChI is InChI=1S/C27H25N5O7/c1-38-27(37)29-20-5-2-4-17(14-20)16-39-21-9-7-18(8-10-21)23(33)15-19(26(35)36)11-13-32-25(34)24-22(30-31-32)6-3-12-28-24/h2-10,12,14,19H,11,13,15-16H2,1H3,(H,29,37)(H,35,36). The number of methoxy groups -OCH3 is 1. The summed E-state index contributed by atoms with van der Waals surface area (Å²) in [7, 11) is 1.28. The van der Waals surface area contributed by atoms with Crippen LogP contribution in [-0.4, -0.2) is 50.0 Å². The number of nitrogens with one attached hydrogen (secondary N) is 1. The number of hydrogen-bond acceptors (Lipinski definition) is 9. The second kappa shape index (κ2) is 12.4. The highest BCUT2D eigenvalue weighted by Crippen LogP contribution is 2.20. The predicted octanol–water partition coefficient (Wildman–Crippen LogP) is 3.31. The number of hydrogen-bond donors (Lipinski definition) is 2. The van der Waals surface area contributed by atoms with Gasteiger partial charge in [-0.25, -0.2) is 14.5 Å². The topological polar surface area (TPSA) is 163 Å². The minimum absolute atomic E-state index is 0.0130. The van der Waals surface area contributed by atoms with Crippen LogP contribution in [-0.2, 0) is 22.7 Å². The number of amides is 1. The molecule has 1 amide bonds. The van der Waals surface area contributed by atoms with Crippen molar-refractivity contribution in [3.63, 3.8) is 0 Å². The Morgan fingerprint density at radius 3 is 2.62 bits per heavy atom. The molecule has 2 aromatic heterocycles. The maximum absolute atomic E-state index is 12.8. The molecule has 0 fully saturated rings. The summed E-state index contributed by atoms with van der Waals surface area (Å²) in [6, 6.07) is 16.7. The molecule has 0 bridgehead atoms. The molecule has 0 saturated heterocycles. The lowest BCUT2D eigenvalue weighted by atomic mass is 9.95. The molecule has 39 heavy (non-hydrogen) atoms. The average molecular weight is 532 g/mol. The molecule has 200 valence electrons. The first-order chi connectivity index (χ1) is 18.8. The molecule has 12 heteroatoms. The van der Waals surface area contributed by atoms with Crippen molar-refractivity contribution in [3.05, 3.63) is 88.3 Å². The Kier molecular flexibility index (Phi) is 8.57. The van der Waals surface area contributed by atoms with Gasteiger partial charge in [-0.2, -0.15) is 0 Å². The van der Waals surface area contributed by atoms with Crippen LogP contribution in [0.4, 0.5) is 10.5 Å². The zero-order valence-electron chi connectivity index (χ0n) is 20.9. The molecule has 0 spiro atoms. The van der Waals surface area contributed by atoms with E-state index < -0.39 is 23.5 Å². The van der Waals surface area contributed by atoms with Crippen LogP contribution in [0.3, 0.4) is 0 Å². The number of anilines is 1. The van der Waals surface area contributed by atoms with E-state index in [1.807, 2.05) is 6.07 Å². The zero-order chi connectivity index (χ0) is 27.8. The highest BCUT2D eigenvalue weighted by Gasteiger charge is 2.23. The number of rotatable bonds is 11. The third-order valence-electron chi connectivity index (χ3n) is 5.89. The number of Topliss-reactive ketones (excluding diaryl/α,β-unsaturated/α-hetero) is 1. The van der Waals surface area contributed by atoms with Gasteiger partial charge in [-0.05, 0) is 60.5 Å². The molecule has 0 radical (unpaired) electrons. The molecule has 0 aliphatic rings. The number of nitrogens with zero attached hydrogens (tertiary/aromatic N) is 4. The lowest BCUT2D eigenvalue weighted by Crippen LogP contribution is -2.28. The summed E-state index contributed by atoms with van der Waals surface area (Å²) in [5.74, 6) is -2.01. The van der Waals surface area contributed by atoms with Gasteiger partial charge in [0.05, 0.1) is 13.0 Å². The number of carboxylic acid groups (broad SMARTS) is 1. The Labute approximate surface area is 222 Å². The van der Waals surface area contributed by atoms with Crippen molar-refractivity contribution in [2.45, 2.75) is 26.0 Å². The lowest BCUT2D eigenvalue weighted by Gasteiger charge is -2.13. The molecule has 4 rings (SSSR count). The smallest absolute Gasteiger partial charge is 0.411 e. The number of carbonyl (C=O) groups is 3. The molecule has 2 aromatic carbocycles. The van der Waals surface area contributed by atoms with Crippen molar-refractivity contribution < 1.29 is 29.0 Å². The summed E-state index contributed by atoms with van der Waals surface area (Å²) in [4.78, 5) is 52.6. The molecule has 0 saturated carbocycles. The van der Waals surface area contributed by atoms with Gasteiger partial charge in [0.15, 0.2) is 11.3 Å². The maximum atomic E-state index is 12.8. The van der Waals surface area contributed by atoms with E-state index in [-0.39, 0.29) is 37.3 Å². The number of aryl methyl sites for hydroxylation is 1. The van der Waals surface area contributed by atoms with Crippen molar-refractivity contribution >= 4 is 34.6 Å². The Morgan fingerprint density at radius 1 is 1.08 bits per heavy atom. The number of ether oxygens (including phenoxy) is 2. The fourth-order valence-corrected chi connectivity index (χ4v) is 3.80. The minimum atomic E-state index is -1.15. The van der Waals surface area contributed by atoms with Crippen molar-refractivity contribution in [1.29, 1.82) is 0 Å². The summed E-state index contributed by atoms with van der Waals surface area (Å²) < 4.78 is 11.4. The Balaban J connectivity index is 1.33. The molecule has 2 N–H and O–H groups in total. The van der Waals surface area contributed by atoms with Crippen LogP contribution in [0, 0.1) is 5.92 Å². The fourth-order valence-electron chi connectivity index (χ4n) is 3.80. The Morgan fingerprint density at radius 2 is 1.87 bits per heavy atom. The summed E-state index contributed by atoms with van der Waals surface area (Å²) in [6.07, 6.45) is 0.655. The molecular formula is C27H25N5O7.